The molecule has 0 saturated carbocycles. The van der Waals surface area contributed by atoms with Crippen LogP contribution in [0.15, 0.2) is 65.2 Å². The molecule has 7 rings (SSSR count). The van der Waals surface area contributed by atoms with E-state index >= 15 is 0 Å². The summed E-state index contributed by atoms with van der Waals surface area (Å²) in [6.45, 7) is 4.81. The van der Waals surface area contributed by atoms with Crippen LogP contribution >= 0.6 is 0 Å². The van der Waals surface area contributed by atoms with Crippen molar-refractivity contribution in [2.45, 2.75) is 64.2 Å². The summed E-state index contributed by atoms with van der Waals surface area (Å²) >= 11 is 0. The highest BCUT2D eigenvalue weighted by Gasteiger charge is 2.43. The van der Waals surface area contributed by atoms with Gasteiger partial charge in [-0.3, -0.25) is 38.8 Å². The van der Waals surface area contributed by atoms with Crippen LogP contribution in [-0.4, -0.2) is 113 Å². The van der Waals surface area contributed by atoms with Crippen LogP contribution in [0.5, 0.6) is 0 Å². The highest BCUT2D eigenvalue weighted by Crippen LogP contribution is 2.33. The van der Waals surface area contributed by atoms with E-state index in [2.05, 4.69) is 23.5 Å². The molecule has 3 N–H and O–H groups in total. The van der Waals surface area contributed by atoms with Gasteiger partial charge in [-0.05, 0) is 53.3 Å². The molecule has 0 spiro atoms. The number of aliphatic imine (C=N–C) groups is 1. The molecule has 0 aliphatic carbocycles. The van der Waals surface area contributed by atoms with E-state index in [-0.39, 0.29) is 48.4 Å². The maximum atomic E-state index is 13.5. The predicted molar refractivity (Wildman–Crippen MR) is 203 cm³/mol. The second kappa shape index (κ2) is 15.3. The van der Waals surface area contributed by atoms with Gasteiger partial charge in [-0.2, -0.15) is 0 Å². The molecule has 5 amide bonds. The Bertz CT molecular complexity index is 2070. The molecule has 4 aliphatic rings. The molecule has 2 fully saturated rings. The number of fused-ring (bicyclic) bond motifs is 3. The highest BCUT2D eigenvalue weighted by atomic mass is 16.2. The van der Waals surface area contributed by atoms with Crippen molar-refractivity contribution in [3.63, 3.8) is 0 Å². The van der Waals surface area contributed by atoms with Gasteiger partial charge in [-0.1, -0.05) is 42.5 Å². The van der Waals surface area contributed by atoms with Gasteiger partial charge in [0.05, 0.1) is 23.7 Å². The van der Waals surface area contributed by atoms with Gasteiger partial charge in [0.2, 0.25) is 17.7 Å². The van der Waals surface area contributed by atoms with Crippen molar-refractivity contribution in [1.29, 1.82) is 0 Å². The van der Waals surface area contributed by atoms with E-state index in [4.69, 9.17) is 10.7 Å². The number of nitrogens with one attached hydrogen (secondary N) is 1. The van der Waals surface area contributed by atoms with Gasteiger partial charge >= 0.3 is 0 Å². The van der Waals surface area contributed by atoms with Gasteiger partial charge < -0.3 is 25.6 Å². The average Bonchev–Trinajstić information content (AvgIpc) is 3.69. The Balaban J connectivity index is 0.993. The number of carbonyl (C=O) groups is 6. The first kappa shape index (κ1) is 36.7. The fraction of sp³-hybridized carbons (Fsp3) is 0.390. The van der Waals surface area contributed by atoms with E-state index in [1.807, 2.05) is 39.0 Å². The summed E-state index contributed by atoms with van der Waals surface area (Å²) in [4.78, 5) is 88.1. The number of carbonyl (C=O) groups excluding carboxylic acids is 6. The summed E-state index contributed by atoms with van der Waals surface area (Å²) < 4.78 is 0. The van der Waals surface area contributed by atoms with E-state index < -0.39 is 23.8 Å². The van der Waals surface area contributed by atoms with Crippen LogP contribution in [0.25, 0.3) is 16.5 Å². The number of imide groups is 1. The predicted octanol–water partition coefficient (Wildman–Crippen LogP) is 2.90. The molecule has 3 aromatic carbocycles. The number of rotatable bonds is 9. The number of amides is 5. The van der Waals surface area contributed by atoms with Gasteiger partial charge in [0.1, 0.15) is 12.3 Å². The zero-order valence-corrected chi connectivity index (χ0v) is 30.7. The van der Waals surface area contributed by atoms with Crippen molar-refractivity contribution in [3.8, 4) is 0 Å². The second-order valence-electron chi connectivity index (χ2n) is 14.5. The monoisotopic (exact) mass is 731 g/mol. The Morgan fingerprint density at radius 2 is 1.59 bits per heavy atom. The van der Waals surface area contributed by atoms with Crippen LogP contribution in [0.4, 0.5) is 0 Å². The summed E-state index contributed by atoms with van der Waals surface area (Å²) in [5, 5.41) is 4.63. The first-order valence-electron chi connectivity index (χ1n) is 18.6. The molecule has 0 aromatic heterocycles. The topological polar surface area (TPSA) is 166 Å². The van der Waals surface area contributed by atoms with Crippen molar-refractivity contribution in [3.05, 3.63) is 88.0 Å². The quantitative estimate of drug-likeness (QED) is 0.251. The van der Waals surface area contributed by atoms with Crippen LogP contribution < -0.4 is 11.1 Å². The number of nitrogens with two attached hydrogens (primary N) is 1. The van der Waals surface area contributed by atoms with Gasteiger partial charge in [0.25, 0.3) is 11.8 Å². The Morgan fingerprint density at radius 3 is 2.24 bits per heavy atom. The Labute approximate surface area is 313 Å². The van der Waals surface area contributed by atoms with Crippen LogP contribution in [-0.2, 0) is 32.3 Å². The third-order valence-corrected chi connectivity index (χ3v) is 11.1. The summed E-state index contributed by atoms with van der Waals surface area (Å²) in [5.74, 6) is -1.60. The number of hydrogen-bond donors (Lipinski definition) is 2. The first-order chi connectivity index (χ1) is 26.1. The van der Waals surface area contributed by atoms with Crippen molar-refractivity contribution >= 4 is 58.0 Å². The molecule has 13 heteroatoms. The van der Waals surface area contributed by atoms with Crippen LogP contribution in [0, 0.1) is 0 Å². The van der Waals surface area contributed by atoms with Crippen molar-refractivity contribution in [2.24, 2.45) is 10.7 Å². The molecule has 54 heavy (non-hydrogen) atoms. The van der Waals surface area contributed by atoms with E-state index in [9.17, 15) is 28.8 Å². The minimum absolute atomic E-state index is 0.00123. The molecular weight excluding hydrogens is 686 g/mol. The van der Waals surface area contributed by atoms with Crippen molar-refractivity contribution < 1.29 is 28.8 Å². The van der Waals surface area contributed by atoms with Crippen molar-refractivity contribution in [2.75, 3.05) is 39.8 Å². The fourth-order valence-electron chi connectivity index (χ4n) is 8.18. The summed E-state index contributed by atoms with van der Waals surface area (Å²) in [6.07, 6.45) is 2.79. The standard InChI is InChI=1S/C41H45N7O6/c1-25(50)47-17-14-35(34(23-47)38(42)31-10-5-8-26-7-3-4-9-30(26)31)44-29-12-15-46(16-13-29)37(51)24-45-21-27-19-32-33(20-28(27)22-45)41(54)48(40(32)53)36(11-6-18-49)39(52)43-2/h3-5,7-10,18-20,29,36H,6,11-17,21-24,42H2,1-2H3,(H,43,52)/b38-34-,44-35?. The average molecular weight is 732 g/mol. The molecule has 1 atom stereocenters. The second-order valence-corrected chi connectivity index (χ2v) is 14.5. The summed E-state index contributed by atoms with van der Waals surface area (Å²) in [7, 11) is 1.43. The SMILES string of the molecule is CNC(=O)C(CCC=O)N1C(=O)c2cc3c(cc2C1=O)CN(CC(=O)N1CCC(N=C2CCN(C(C)=O)C/C2=C(/N)c2cccc4ccccc24)CC1)C3. The number of hydrogen-bond acceptors (Lipinski definition) is 9. The lowest BCUT2D eigenvalue weighted by molar-refractivity contribution is -0.133. The lowest BCUT2D eigenvalue weighted by atomic mass is 9.93. The van der Waals surface area contributed by atoms with Crippen LogP contribution in [0.2, 0.25) is 0 Å². The van der Waals surface area contributed by atoms with E-state index in [0.29, 0.717) is 70.5 Å². The van der Waals surface area contributed by atoms with Gasteiger partial charge in [-0.25, -0.2) is 0 Å². The van der Waals surface area contributed by atoms with E-state index in [1.165, 1.54) is 7.05 Å². The number of likely N-dealkylation sites (N-methyl/N-ethyl adjacent to an activating group) is 1. The number of likely N-dealkylation sites (tertiary alicyclic amines) is 2. The van der Waals surface area contributed by atoms with E-state index in [1.54, 1.807) is 19.1 Å². The molecule has 3 aromatic rings. The largest absolute Gasteiger partial charge is 0.398 e. The number of piperidine rings is 2. The fourth-order valence-corrected chi connectivity index (χ4v) is 8.18. The van der Waals surface area contributed by atoms with Crippen LogP contribution in [0.1, 0.15) is 76.4 Å². The molecule has 0 radical (unpaired) electrons. The smallest absolute Gasteiger partial charge is 0.262 e. The maximum absolute atomic E-state index is 13.5. The van der Waals surface area contributed by atoms with Gasteiger partial charge in [-0.15, -0.1) is 0 Å². The minimum atomic E-state index is -1.07. The summed E-state index contributed by atoms with van der Waals surface area (Å²) in [6, 6.07) is 16.5. The zero-order valence-electron chi connectivity index (χ0n) is 30.7. The lowest BCUT2D eigenvalue weighted by Gasteiger charge is -2.34. The summed E-state index contributed by atoms with van der Waals surface area (Å²) in [5.41, 5.74) is 12.5. The minimum Gasteiger partial charge on any atom is -0.398 e. The van der Waals surface area contributed by atoms with Crippen molar-refractivity contribution in [1.82, 2.24) is 24.9 Å². The molecule has 4 heterocycles. The Kier molecular flexibility index (Phi) is 10.4. The normalized spacial score (nSPS) is 20.0. The third-order valence-electron chi connectivity index (χ3n) is 11.1. The molecule has 4 aliphatic heterocycles. The Hall–Kier alpha value is -5.69. The zero-order chi connectivity index (χ0) is 38.1. The maximum Gasteiger partial charge on any atom is 0.262 e. The molecule has 1 unspecified atom stereocenters. The van der Waals surface area contributed by atoms with Crippen LogP contribution in [0.3, 0.4) is 0 Å². The first-order valence-corrected chi connectivity index (χ1v) is 18.6. The number of nitrogens with zero attached hydrogens (tertiary/aromatic N) is 5. The third kappa shape index (κ3) is 7.03. The van der Waals surface area contributed by atoms with Gasteiger partial charge in [0, 0.05) is 88.6 Å². The lowest BCUT2D eigenvalue weighted by Crippen LogP contribution is -2.48. The molecule has 13 nitrogen and oxygen atoms in total. The van der Waals surface area contributed by atoms with Gasteiger partial charge in [0.15, 0.2) is 0 Å². The van der Waals surface area contributed by atoms with E-state index in [0.717, 1.165) is 43.6 Å². The molecule has 0 bridgehead atoms. The molecular formula is C41H45N7O6. The number of benzene rings is 3. The molecule has 280 valence electrons. The molecule has 2 saturated heterocycles. The number of aldehydes is 1. The highest BCUT2D eigenvalue weighted by molar-refractivity contribution is 6.23. The Morgan fingerprint density at radius 1 is 0.926 bits per heavy atom.